The van der Waals surface area contributed by atoms with Crippen molar-refractivity contribution in [2.24, 2.45) is 5.73 Å². The van der Waals surface area contributed by atoms with Gasteiger partial charge in [0.1, 0.15) is 0 Å². The molecule has 0 aliphatic heterocycles. The summed E-state index contributed by atoms with van der Waals surface area (Å²) in [6, 6.07) is 10.7. The molecule has 22 heavy (non-hydrogen) atoms. The van der Waals surface area contributed by atoms with Crippen LogP contribution >= 0.6 is 0 Å². The van der Waals surface area contributed by atoms with Crippen molar-refractivity contribution in [1.82, 2.24) is 5.32 Å². The molecule has 0 spiro atoms. The highest BCUT2D eigenvalue weighted by Gasteiger charge is 2.39. The maximum absolute atomic E-state index is 12.6. The predicted molar refractivity (Wildman–Crippen MR) is 89.6 cm³/mol. The minimum absolute atomic E-state index is 0.0643. The smallest absolute Gasteiger partial charge is 0.240 e. The molecule has 2 fully saturated rings. The Labute approximate surface area is 133 Å². The zero-order chi connectivity index (χ0) is 15.5. The minimum Gasteiger partial charge on any atom is -0.354 e. The second-order valence-corrected chi connectivity index (χ2v) is 7.25. The zero-order valence-corrected chi connectivity index (χ0v) is 13.4. The molecule has 0 bridgehead atoms. The number of carbonyl (C=O) groups excluding carboxylic acids is 1. The van der Waals surface area contributed by atoms with Gasteiger partial charge in [-0.3, -0.25) is 4.79 Å². The Bertz CT molecular complexity index is 499. The van der Waals surface area contributed by atoms with Crippen molar-refractivity contribution in [3.8, 4) is 0 Å². The lowest BCUT2D eigenvalue weighted by Gasteiger charge is -2.35. The summed E-state index contributed by atoms with van der Waals surface area (Å²) >= 11 is 0. The Kier molecular flexibility index (Phi) is 4.53. The highest BCUT2D eigenvalue weighted by Crippen LogP contribution is 2.40. The molecule has 1 amide bonds. The van der Waals surface area contributed by atoms with Gasteiger partial charge in [0.25, 0.3) is 0 Å². The van der Waals surface area contributed by atoms with Crippen LogP contribution in [0.3, 0.4) is 0 Å². The highest BCUT2D eigenvalue weighted by molar-refractivity contribution is 5.86. The van der Waals surface area contributed by atoms with E-state index in [2.05, 4.69) is 35.6 Å². The minimum atomic E-state index is -0.630. The SMILES string of the molecule is NC1(C(=O)NCC2(c3ccccc3)CCCC2)CCCCC1. The first-order valence-corrected chi connectivity index (χ1v) is 8.77. The number of hydrogen-bond acceptors (Lipinski definition) is 2. The van der Waals surface area contributed by atoms with Crippen LogP contribution in [0.2, 0.25) is 0 Å². The summed E-state index contributed by atoms with van der Waals surface area (Å²) in [5.74, 6) is 0.0643. The van der Waals surface area contributed by atoms with Crippen LogP contribution < -0.4 is 11.1 Å². The van der Waals surface area contributed by atoms with Crippen molar-refractivity contribution >= 4 is 5.91 Å². The van der Waals surface area contributed by atoms with E-state index >= 15 is 0 Å². The number of benzene rings is 1. The number of carbonyl (C=O) groups is 1. The first kappa shape index (κ1) is 15.5. The van der Waals surface area contributed by atoms with Gasteiger partial charge in [-0.05, 0) is 31.2 Å². The predicted octanol–water partition coefficient (Wildman–Crippen LogP) is 3.28. The summed E-state index contributed by atoms with van der Waals surface area (Å²) in [6.07, 6.45) is 9.84. The fourth-order valence-corrected chi connectivity index (χ4v) is 4.25. The van der Waals surface area contributed by atoms with E-state index in [4.69, 9.17) is 5.73 Å². The van der Waals surface area contributed by atoms with E-state index in [1.807, 2.05) is 0 Å². The number of nitrogens with one attached hydrogen (secondary N) is 1. The normalized spacial score (nSPS) is 23.1. The molecule has 3 nitrogen and oxygen atoms in total. The molecule has 2 aliphatic carbocycles. The first-order chi connectivity index (χ1) is 10.6. The third kappa shape index (κ3) is 3.05. The summed E-state index contributed by atoms with van der Waals surface area (Å²) in [5, 5.41) is 3.21. The van der Waals surface area contributed by atoms with E-state index in [9.17, 15) is 4.79 Å². The number of amides is 1. The molecule has 3 heteroatoms. The molecular formula is C19H28N2O. The highest BCUT2D eigenvalue weighted by atomic mass is 16.2. The number of rotatable bonds is 4. The Balaban J connectivity index is 1.69. The average molecular weight is 300 g/mol. The standard InChI is InChI=1S/C19H28N2O/c20-19(13-5-2-6-14-19)17(22)21-15-18(11-7-8-12-18)16-9-3-1-4-10-16/h1,3-4,9-10H,2,5-8,11-15,20H2,(H,21,22). The molecule has 0 saturated heterocycles. The Morgan fingerprint density at radius 2 is 1.55 bits per heavy atom. The lowest BCUT2D eigenvalue weighted by Crippen LogP contribution is -2.56. The average Bonchev–Trinajstić information content (AvgIpc) is 3.04. The number of nitrogens with two attached hydrogens (primary N) is 1. The van der Waals surface area contributed by atoms with Crippen molar-refractivity contribution in [3.05, 3.63) is 35.9 Å². The van der Waals surface area contributed by atoms with E-state index in [1.165, 1.54) is 24.8 Å². The molecule has 3 N–H and O–H groups in total. The van der Waals surface area contributed by atoms with Gasteiger partial charge in [-0.1, -0.05) is 62.4 Å². The molecule has 0 heterocycles. The fourth-order valence-electron chi connectivity index (χ4n) is 4.25. The third-order valence-electron chi connectivity index (χ3n) is 5.73. The van der Waals surface area contributed by atoms with Gasteiger partial charge in [0, 0.05) is 12.0 Å². The Morgan fingerprint density at radius 3 is 2.18 bits per heavy atom. The van der Waals surface area contributed by atoms with Crippen molar-refractivity contribution in [1.29, 1.82) is 0 Å². The zero-order valence-electron chi connectivity index (χ0n) is 13.4. The molecule has 0 unspecified atom stereocenters. The molecule has 0 radical (unpaired) electrons. The lowest BCUT2D eigenvalue weighted by molar-refractivity contribution is -0.127. The molecule has 0 atom stereocenters. The summed E-state index contributed by atoms with van der Waals surface area (Å²) in [4.78, 5) is 12.6. The van der Waals surface area contributed by atoms with Gasteiger partial charge in [-0.15, -0.1) is 0 Å². The topological polar surface area (TPSA) is 55.1 Å². The van der Waals surface area contributed by atoms with E-state index in [-0.39, 0.29) is 11.3 Å². The van der Waals surface area contributed by atoms with Crippen molar-refractivity contribution in [2.75, 3.05) is 6.54 Å². The molecular weight excluding hydrogens is 272 g/mol. The van der Waals surface area contributed by atoms with Crippen LogP contribution in [0.1, 0.15) is 63.4 Å². The summed E-state index contributed by atoms with van der Waals surface area (Å²) in [5.41, 5.74) is 7.20. The second-order valence-electron chi connectivity index (χ2n) is 7.25. The van der Waals surface area contributed by atoms with Crippen molar-refractivity contribution < 1.29 is 4.79 Å². The molecule has 1 aromatic carbocycles. The Morgan fingerprint density at radius 1 is 0.955 bits per heavy atom. The fraction of sp³-hybridized carbons (Fsp3) is 0.632. The van der Waals surface area contributed by atoms with E-state index in [0.29, 0.717) is 0 Å². The van der Waals surface area contributed by atoms with Gasteiger partial charge in [0.15, 0.2) is 0 Å². The molecule has 2 saturated carbocycles. The monoisotopic (exact) mass is 300 g/mol. The lowest BCUT2D eigenvalue weighted by atomic mass is 9.78. The van der Waals surface area contributed by atoms with Crippen LogP contribution in [-0.2, 0) is 10.2 Å². The van der Waals surface area contributed by atoms with Gasteiger partial charge in [0.05, 0.1) is 5.54 Å². The van der Waals surface area contributed by atoms with Crippen LogP contribution in [0.15, 0.2) is 30.3 Å². The van der Waals surface area contributed by atoms with Gasteiger partial charge in [-0.2, -0.15) is 0 Å². The van der Waals surface area contributed by atoms with E-state index < -0.39 is 5.54 Å². The van der Waals surface area contributed by atoms with Crippen LogP contribution in [0.25, 0.3) is 0 Å². The van der Waals surface area contributed by atoms with E-state index in [0.717, 1.165) is 45.1 Å². The van der Waals surface area contributed by atoms with Crippen LogP contribution in [0, 0.1) is 0 Å². The second kappa shape index (κ2) is 6.41. The van der Waals surface area contributed by atoms with E-state index in [1.54, 1.807) is 0 Å². The molecule has 0 aromatic heterocycles. The Hall–Kier alpha value is -1.35. The van der Waals surface area contributed by atoms with Gasteiger partial charge < -0.3 is 11.1 Å². The van der Waals surface area contributed by atoms with Crippen molar-refractivity contribution in [3.63, 3.8) is 0 Å². The van der Waals surface area contributed by atoms with Crippen molar-refractivity contribution in [2.45, 2.75) is 68.7 Å². The first-order valence-electron chi connectivity index (χ1n) is 8.77. The summed E-state index contributed by atoms with van der Waals surface area (Å²) < 4.78 is 0. The maximum atomic E-state index is 12.6. The third-order valence-corrected chi connectivity index (χ3v) is 5.73. The molecule has 120 valence electrons. The summed E-state index contributed by atoms with van der Waals surface area (Å²) in [6.45, 7) is 0.731. The van der Waals surface area contributed by atoms with Gasteiger partial charge in [-0.25, -0.2) is 0 Å². The van der Waals surface area contributed by atoms with Crippen LogP contribution in [0.5, 0.6) is 0 Å². The quantitative estimate of drug-likeness (QED) is 0.896. The maximum Gasteiger partial charge on any atom is 0.240 e. The largest absolute Gasteiger partial charge is 0.354 e. The van der Waals surface area contributed by atoms with Gasteiger partial charge in [0.2, 0.25) is 5.91 Å². The molecule has 3 rings (SSSR count). The van der Waals surface area contributed by atoms with Gasteiger partial charge >= 0.3 is 0 Å². The molecule has 1 aromatic rings. The number of hydrogen-bond donors (Lipinski definition) is 2. The summed E-state index contributed by atoms with van der Waals surface area (Å²) in [7, 11) is 0. The van der Waals surface area contributed by atoms with Crippen LogP contribution in [-0.4, -0.2) is 18.0 Å². The van der Waals surface area contributed by atoms with Crippen LogP contribution in [0.4, 0.5) is 0 Å². The molecule has 2 aliphatic rings.